The third kappa shape index (κ3) is 5.21. The molecule has 0 amide bonds. The van der Waals surface area contributed by atoms with E-state index in [4.69, 9.17) is 10.6 Å². The van der Waals surface area contributed by atoms with Crippen molar-refractivity contribution in [3.63, 3.8) is 0 Å². The summed E-state index contributed by atoms with van der Waals surface area (Å²) in [7, 11) is 1.70. The topological polar surface area (TPSA) is 47.3 Å². The molecule has 0 fully saturated rings. The van der Waals surface area contributed by atoms with Crippen LogP contribution in [0, 0.1) is 5.92 Å². The number of ether oxygens (including phenoxy) is 1. The molecule has 2 unspecified atom stereocenters. The zero-order chi connectivity index (χ0) is 14.1. The molecule has 0 aliphatic heterocycles. The van der Waals surface area contributed by atoms with Gasteiger partial charge in [-0.2, -0.15) is 0 Å². The van der Waals surface area contributed by atoms with Crippen LogP contribution in [-0.2, 0) is 6.42 Å². The average Bonchev–Trinajstić information content (AvgIpc) is 2.46. The molecule has 1 aromatic rings. The van der Waals surface area contributed by atoms with Gasteiger partial charge < -0.3 is 4.74 Å². The van der Waals surface area contributed by atoms with Gasteiger partial charge in [0.1, 0.15) is 5.75 Å². The SMILES string of the molecule is CCCCC(CC)C(Cc1cccc(OC)c1)NN. The summed E-state index contributed by atoms with van der Waals surface area (Å²) < 4.78 is 5.27. The van der Waals surface area contributed by atoms with Crippen LogP contribution < -0.4 is 16.0 Å². The molecule has 0 aliphatic carbocycles. The molecular weight excluding hydrogens is 236 g/mol. The number of unbranched alkanes of at least 4 members (excludes halogenated alkanes) is 1. The first kappa shape index (κ1) is 16.0. The molecule has 0 radical (unpaired) electrons. The first-order chi connectivity index (χ1) is 9.24. The van der Waals surface area contributed by atoms with Gasteiger partial charge in [0.05, 0.1) is 7.11 Å². The molecular formula is C16H28N2O. The van der Waals surface area contributed by atoms with E-state index in [1.165, 1.54) is 31.2 Å². The van der Waals surface area contributed by atoms with Gasteiger partial charge in [0.15, 0.2) is 0 Å². The molecule has 0 bridgehead atoms. The van der Waals surface area contributed by atoms with Crippen molar-refractivity contribution in [2.75, 3.05) is 7.11 Å². The first-order valence-corrected chi connectivity index (χ1v) is 7.34. The van der Waals surface area contributed by atoms with E-state index in [1.54, 1.807) is 7.11 Å². The van der Waals surface area contributed by atoms with Crippen molar-refractivity contribution in [3.8, 4) is 5.75 Å². The Kier molecular flexibility index (Phi) is 7.53. The van der Waals surface area contributed by atoms with Crippen molar-refractivity contribution in [2.45, 2.75) is 52.0 Å². The van der Waals surface area contributed by atoms with Crippen LogP contribution in [0.3, 0.4) is 0 Å². The zero-order valence-electron chi connectivity index (χ0n) is 12.5. The quantitative estimate of drug-likeness (QED) is 0.531. The highest BCUT2D eigenvalue weighted by Gasteiger charge is 2.18. The number of hydrogen-bond acceptors (Lipinski definition) is 3. The minimum absolute atomic E-state index is 0.337. The lowest BCUT2D eigenvalue weighted by atomic mass is 9.88. The van der Waals surface area contributed by atoms with E-state index < -0.39 is 0 Å². The molecule has 1 rings (SSSR count). The van der Waals surface area contributed by atoms with E-state index in [1.807, 2.05) is 12.1 Å². The van der Waals surface area contributed by atoms with E-state index in [9.17, 15) is 0 Å². The largest absolute Gasteiger partial charge is 0.497 e. The predicted octanol–water partition coefficient (Wildman–Crippen LogP) is 3.29. The normalized spacial score (nSPS) is 14.1. The van der Waals surface area contributed by atoms with Crippen LogP contribution in [-0.4, -0.2) is 13.2 Å². The number of nitrogens with two attached hydrogens (primary N) is 1. The lowest BCUT2D eigenvalue weighted by Gasteiger charge is -2.26. The van der Waals surface area contributed by atoms with Crippen molar-refractivity contribution >= 4 is 0 Å². The Hall–Kier alpha value is -1.06. The van der Waals surface area contributed by atoms with Gasteiger partial charge >= 0.3 is 0 Å². The fourth-order valence-corrected chi connectivity index (χ4v) is 2.57. The van der Waals surface area contributed by atoms with E-state index in [0.29, 0.717) is 12.0 Å². The second-order valence-corrected chi connectivity index (χ2v) is 5.14. The predicted molar refractivity (Wildman–Crippen MR) is 81.1 cm³/mol. The third-order valence-electron chi connectivity index (χ3n) is 3.83. The Balaban J connectivity index is 2.67. The molecule has 3 N–H and O–H groups in total. The van der Waals surface area contributed by atoms with E-state index in [-0.39, 0.29) is 0 Å². The van der Waals surface area contributed by atoms with Crippen LogP contribution in [0.2, 0.25) is 0 Å². The van der Waals surface area contributed by atoms with E-state index in [2.05, 4.69) is 31.4 Å². The molecule has 3 heteroatoms. The van der Waals surface area contributed by atoms with Gasteiger partial charge in [-0.15, -0.1) is 0 Å². The molecule has 0 heterocycles. The number of nitrogens with one attached hydrogen (secondary N) is 1. The highest BCUT2D eigenvalue weighted by Crippen LogP contribution is 2.21. The van der Waals surface area contributed by atoms with Gasteiger partial charge in [0, 0.05) is 6.04 Å². The molecule has 2 atom stereocenters. The summed E-state index contributed by atoms with van der Waals surface area (Å²) in [5.41, 5.74) is 4.28. The molecule has 1 aromatic carbocycles. The van der Waals surface area contributed by atoms with Crippen molar-refractivity contribution in [2.24, 2.45) is 11.8 Å². The Labute approximate surface area is 117 Å². The van der Waals surface area contributed by atoms with Gasteiger partial charge in [-0.05, 0) is 36.5 Å². The smallest absolute Gasteiger partial charge is 0.119 e. The number of methoxy groups -OCH3 is 1. The molecule has 0 saturated heterocycles. The lowest BCUT2D eigenvalue weighted by Crippen LogP contribution is -2.42. The summed E-state index contributed by atoms with van der Waals surface area (Å²) in [6.07, 6.45) is 5.88. The number of benzene rings is 1. The van der Waals surface area contributed by atoms with Crippen LogP contribution in [0.5, 0.6) is 5.75 Å². The summed E-state index contributed by atoms with van der Waals surface area (Å²) in [6, 6.07) is 8.58. The molecule has 3 nitrogen and oxygen atoms in total. The second kappa shape index (κ2) is 8.94. The molecule has 0 aliphatic rings. The second-order valence-electron chi connectivity index (χ2n) is 5.14. The van der Waals surface area contributed by atoms with Crippen LogP contribution in [0.4, 0.5) is 0 Å². The maximum absolute atomic E-state index is 5.76. The van der Waals surface area contributed by atoms with Crippen molar-refractivity contribution in [1.82, 2.24) is 5.43 Å². The van der Waals surface area contributed by atoms with Gasteiger partial charge in [0.2, 0.25) is 0 Å². The van der Waals surface area contributed by atoms with Crippen molar-refractivity contribution in [1.29, 1.82) is 0 Å². The minimum Gasteiger partial charge on any atom is -0.497 e. The standard InChI is InChI=1S/C16H28N2O/c1-4-6-9-14(5-2)16(18-17)12-13-8-7-10-15(11-13)19-3/h7-8,10-11,14,16,18H,4-6,9,12,17H2,1-3H3. The molecule has 108 valence electrons. The highest BCUT2D eigenvalue weighted by atomic mass is 16.5. The first-order valence-electron chi connectivity index (χ1n) is 7.34. The summed E-state index contributed by atoms with van der Waals surface area (Å²) in [5, 5.41) is 0. The lowest BCUT2D eigenvalue weighted by molar-refractivity contribution is 0.318. The van der Waals surface area contributed by atoms with Crippen LogP contribution in [0.25, 0.3) is 0 Å². The zero-order valence-corrected chi connectivity index (χ0v) is 12.5. The fourth-order valence-electron chi connectivity index (χ4n) is 2.57. The molecule has 0 saturated carbocycles. The van der Waals surface area contributed by atoms with E-state index in [0.717, 1.165) is 12.2 Å². The summed E-state index contributed by atoms with van der Waals surface area (Å²) >= 11 is 0. The maximum Gasteiger partial charge on any atom is 0.119 e. The number of rotatable bonds is 9. The van der Waals surface area contributed by atoms with Crippen LogP contribution in [0.1, 0.15) is 45.1 Å². The Morgan fingerprint density at radius 3 is 2.68 bits per heavy atom. The van der Waals surface area contributed by atoms with Crippen molar-refractivity contribution in [3.05, 3.63) is 29.8 Å². The van der Waals surface area contributed by atoms with Gasteiger partial charge in [-0.3, -0.25) is 11.3 Å². The maximum atomic E-state index is 5.76. The minimum atomic E-state index is 0.337. The van der Waals surface area contributed by atoms with Crippen molar-refractivity contribution < 1.29 is 4.74 Å². The molecule has 19 heavy (non-hydrogen) atoms. The third-order valence-corrected chi connectivity index (χ3v) is 3.83. The van der Waals surface area contributed by atoms with Gasteiger partial charge in [0.25, 0.3) is 0 Å². The van der Waals surface area contributed by atoms with Crippen LogP contribution >= 0.6 is 0 Å². The van der Waals surface area contributed by atoms with Crippen LogP contribution in [0.15, 0.2) is 24.3 Å². The Morgan fingerprint density at radius 2 is 2.11 bits per heavy atom. The molecule has 0 aromatic heterocycles. The Morgan fingerprint density at radius 1 is 1.32 bits per heavy atom. The van der Waals surface area contributed by atoms with Gasteiger partial charge in [-0.25, -0.2) is 0 Å². The summed E-state index contributed by atoms with van der Waals surface area (Å²) in [6.45, 7) is 4.48. The highest BCUT2D eigenvalue weighted by molar-refractivity contribution is 5.29. The average molecular weight is 264 g/mol. The number of hydrazine groups is 1. The fraction of sp³-hybridized carbons (Fsp3) is 0.625. The Bertz CT molecular complexity index is 354. The number of hydrogen-bond donors (Lipinski definition) is 2. The monoisotopic (exact) mass is 264 g/mol. The van der Waals surface area contributed by atoms with E-state index >= 15 is 0 Å². The van der Waals surface area contributed by atoms with Gasteiger partial charge in [-0.1, -0.05) is 45.2 Å². The summed E-state index contributed by atoms with van der Waals surface area (Å²) in [5.74, 6) is 7.31. The summed E-state index contributed by atoms with van der Waals surface area (Å²) in [4.78, 5) is 0. The molecule has 0 spiro atoms.